The van der Waals surface area contributed by atoms with Crippen molar-refractivity contribution in [2.75, 3.05) is 0 Å². The lowest BCUT2D eigenvalue weighted by atomic mass is 10.1. The summed E-state index contributed by atoms with van der Waals surface area (Å²) in [7, 11) is 0. The molecule has 2 unspecified atom stereocenters. The first-order valence-electron chi connectivity index (χ1n) is 5.93. The first-order chi connectivity index (χ1) is 7.27. The lowest BCUT2D eigenvalue weighted by molar-refractivity contribution is 0.417. The normalized spacial score (nSPS) is 14.9. The second kappa shape index (κ2) is 6.57. The van der Waals surface area contributed by atoms with E-state index in [1.54, 1.807) is 0 Å². The van der Waals surface area contributed by atoms with Gasteiger partial charge in [-0.25, -0.2) is 0 Å². The van der Waals surface area contributed by atoms with E-state index in [1.165, 1.54) is 24.8 Å². The summed E-state index contributed by atoms with van der Waals surface area (Å²) in [6.07, 6.45) is 7.41. The molecule has 0 saturated carbocycles. The second-order valence-corrected chi connectivity index (χ2v) is 4.06. The highest BCUT2D eigenvalue weighted by atomic mass is 14.9. The maximum Gasteiger partial charge on any atom is 0.0295 e. The molecule has 0 bridgehead atoms. The van der Waals surface area contributed by atoms with Gasteiger partial charge < -0.3 is 5.32 Å². The van der Waals surface area contributed by atoms with Crippen molar-refractivity contribution in [2.24, 2.45) is 0 Å². The highest BCUT2D eigenvalue weighted by molar-refractivity contribution is 5.14. The Labute approximate surface area is 93.1 Å². The molecule has 1 heterocycles. The van der Waals surface area contributed by atoms with Gasteiger partial charge in [0.1, 0.15) is 0 Å². The lowest BCUT2D eigenvalue weighted by Gasteiger charge is -2.22. The Kier molecular flexibility index (Phi) is 5.33. The second-order valence-electron chi connectivity index (χ2n) is 4.06. The van der Waals surface area contributed by atoms with Crippen LogP contribution in [0, 0.1) is 0 Å². The highest BCUT2D eigenvalue weighted by Crippen LogP contribution is 2.13. The van der Waals surface area contributed by atoms with Gasteiger partial charge in [-0.2, -0.15) is 0 Å². The molecule has 1 rings (SSSR count). The number of hydrogen-bond acceptors (Lipinski definition) is 2. The Balaban J connectivity index is 2.50. The molecule has 0 amide bonds. The van der Waals surface area contributed by atoms with Crippen LogP contribution in [-0.4, -0.2) is 11.0 Å². The molecule has 1 aromatic heterocycles. The fourth-order valence-electron chi connectivity index (χ4n) is 1.86. The highest BCUT2D eigenvalue weighted by Gasteiger charge is 2.10. The number of pyridine rings is 1. The molecule has 84 valence electrons. The van der Waals surface area contributed by atoms with Crippen LogP contribution in [0.3, 0.4) is 0 Å². The minimum Gasteiger partial charge on any atom is -0.307 e. The van der Waals surface area contributed by atoms with Gasteiger partial charge in [0.2, 0.25) is 0 Å². The van der Waals surface area contributed by atoms with E-state index in [2.05, 4.69) is 43.2 Å². The summed E-state index contributed by atoms with van der Waals surface area (Å²) in [4.78, 5) is 4.04. The van der Waals surface area contributed by atoms with Crippen molar-refractivity contribution in [3.8, 4) is 0 Å². The molecule has 0 saturated heterocycles. The topological polar surface area (TPSA) is 24.9 Å². The fourth-order valence-corrected chi connectivity index (χ4v) is 1.86. The Morgan fingerprint density at radius 1 is 1.27 bits per heavy atom. The molecule has 1 N–H and O–H groups in total. The molecule has 2 heteroatoms. The van der Waals surface area contributed by atoms with Gasteiger partial charge in [0.05, 0.1) is 0 Å². The standard InChI is InChI=1S/C13H22N2/c1-4-6-13(5-2)15-11(3)12-7-9-14-10-8-12/h7-11,13,15H,4-6H2,1-3H3. The smallest absolute Gasteiger partial charge is 0.0295 e. The largest absolute Gasteiger partial charge is 0.307 e. The number of aromatic nitrogens is 1. The predicted molar refractivity (Wildman–Crippen MR) is 64.8 cm³/mol. The minimum absolute atomic E-state index is 0.421. The molecule has 0 aliphatic heterocycles. The monoisotopic (exact) mass is 206 g/mol. The summed E-state index contributed by atoms with van der Waals surface area (Å²) in [5.74, 6) is 0. The molecule has 0 aromatic carbocycles. The molecule has 1 aromatic rings. The summed E-state index contributed by atoms with van der Waals surface area (Å²) < 4.78 is 0. The Bertz CT molecular complexity index is 258. The van der Waals surface area contributed by atoms with Crippen LogP contribution in [0.2, 0.25) is 0 Å². The van der Waals surface area contributed by atoms with Crippen molar-refractivity contribution in [1.29, 1.82) is 0 Å². The van der Waals surface area contributed by atoms with Crippen LogP contribution in [0.4, 0.5) is 0 Å². The lowest BCUT2D eigenvalue weighted by Crippen LogP contribution is -2.30. The van der Waals surface area contributed by atoms with Crippen molar-refractivity contribution < 1.29 is 0 Å². The third-order valence-electron chi connectivity index (χ3n) is 2.82. The van der Waals surface area contributed by atoms with Gasteiger partial charge in [-0.3, -0.25) is 4.98 Å². The number of nitrogens with one attached hydrogen (secondary N) is 1. The third kappa shape index (κ3) is 4.00. The average molecular weight is 206 g/mol. The van der Waals surface area contributed by atoms with Crippen LogP contribution in [0.15, 0.2) is 24.5 Å². The Hall–Kier alpha value is -0.890. The van der Waals surface area contributed by atoms with Gasteiger partial charge in [-0.15, -0.1) is 0 Å². The molecule has 0 aliphatic carbocycles. The average Bonchev–Trinajstić information content (AvgIpc) is 2.29. The van der Waals surface area contributed by atoms with Crippen LogP contribution in [0.5, 0.6) is 0 Å². The van der Waals surface area contributed by atoms with E-state index in [0.29, 0.717) is 12.1 Å². The fraction of sp³-hybridized carbons (Fsp3) is 0.615. The van der Waals surface area contributed by atoms with E-state index < -0.39 is 0 Å². The molecule has 2 atom stereocenters. The van der Waals surface area contributed by atoms with Crippen molar-refractivity contribution in [1.82, 2.24) is 10.3 Å². The van der Waals surface area contributed by atoms with Crippen LogP contribution < -0.4 is 5.32 Å². The third-order valence-corrected chi connectivity index (χ3v) is 2.82. The van der Waals surface area contributed by atoms with Crippen molar-refractivity contribution >= 4 is 0 Å². The maximum atomic E-state index is 4.04. The van der Waals surface area contributed by atoms with E-state index in [0.717, 1.165) is 0 Å². The van der Waals surface area contributed by atoms with Crippen molar-refractivity contribution in [2.45, 2.75) is 52.1 Å². The van der Waals surface area contributed by atoms with Crippen LogP contribution in [0.25, 0.3) is 0 Å². The molecule has 0 spiro atoms. The van der Waals surface area contributed by atoms with Gasteiger partial charge in [0.25, 0.3) is 0 Å². The van der Waals surface area contributed by atoms with E-state index in [1.807, 2.05) is 12.4 Å². The zero-order valence-electron chi connectivity index (χ0n) is 10.0. The van der Waals surface area contributed by atoms with Crippen molar-refractivity contribution in [3.63, 3.8) is 0 Å². The number of nitrogens with zero attached hydrogens (tertiary/aromatic N) is 1. The summed E-state index contributed by atoms with van der Waals surface area (Å²) in [6.45, 7) is 6.70. The van der Waals surface area contributed by atoms with E-state index in [4.69, 9.17) is 0 Å². The zero-order valence-corrected chi connectivity index (χ0v) is 10.0. The Morgan fingerprint density at radius 3 is 2.47 bits per heavy atom. The summed E-state index contributed by atoms with van der Waals surface area (Å²) >= 11 is 0. The van der Waals surface area contributed by atoms with Crippen LogP contribution in [0.1, 0.15) is 51.6 Å². The molecule has 0 aliphatic rings. The van der Waals surface area contributed by atoms with E-state index >= 15 is 0 Å². The summed E-state index contributed by atoms with van der Waals surface area (Å²) in [5.41, 5.74) is 1.32. The first kappa shape index (κ1) is 12.2. The summed E-state index contributed by atoms with van der Waals surface area (Å²) in [6, 6.07) is 5.22. The SMILES string of the molecule is CCCC(CC)NC(C)c1ccncc1. The zero-order chi connectivity index (χ0) is 11.1. The number of rotatable bonds is 6. The van der Waals surface area contributed by atoms with Crippen molar-refractivity contribution in [3.05, 3.63) is 30.1 Å². The van der Waals surface area contributed by atoms with E-state index in [9.17, 15) is 0 Å². The van der Waals surface area contributed by atoms with Gasteiger partial charge >= 0.3 is 0 Å². The first-order valence-corrected chi connectivity index (χ1v) is 5.93. The van der Waals surface area contributed by atoms with Gasteiger partial charge in [0, 0.05) is 24.5 Å². The molecule has 0 fully saturated rings. The van der Waals surface area contributed by atoms with Gasteiger partial charge in [-0.05, 0) is 37.5 Å². The molecule has 0 radical (unpaired) electrons. The quantitative estimate of drug-likeness (QED) is 0.772. The predicted octanol–water partition coefficient (Wildman–Crippen LogP) is 3.31. The molecule has 2 nitrogen and oxygen atoms in total. The van der Waals surface area contributed by atoms with Gasteiger partial charge in [-0.1, -0.05) is 20.3 Å². The summed E-state index contributed by atoms with van der Waals surface area (Å²) in [5, 5.41) is 3.66. The minimum atomic E-state index is 0.421. The molecular formula is C13H22N2. The van der Waals surface area contributed by atoms with Crippen LogP contribution in [-0.2, 0) is 0 Å². The maximum absolute atomic E-state index is 4.04. The Morgan fingerprint density at radius 2 is 1.93 bits per heavy atom. The van der Waals surface area contributed by atoms with E-state index in [-0.39, 0.29) is 0 Å². The molecule has 15 heavy (non-hydrogen) atoms. The molecular weight excluding hydrogens is 184 g/mol. The van der Waals surface area contributed by atoms with Gasteiger partial charge in [0.15, 0.2) is 0 Å². The van der Waals surface area contributed by atoms with Crippen LogP contribution >= 0.6 is 0 Å². The number of hydrogen-bond donors (Lipinski definition) is 1.